The van der Waals surface area contributed by atoms with Crippen LogP contribution in [0.5, 0.6) is 0 Å². The lowest BCUT2D eigenvalue weighted by Gasteiger charge is -2.33. The van der Waals surface area contributed by atoms with Crippen LogP contribution >= 0.6 is 0 Å². The molecule has 1 fully saturated rings. The highest BCUT2D eigenvalue weighted by Crippen LogP contribution is 2.30. The molecule has 0 aliphatic carbocycles. The van der Waals surface area contributed by atoms with Crippen molar-refractivity contribution in [1.29, 1.82) is 5.26 Å². The van der Waals surface area contributed by atoms with E-state index >= 15 is 0 Å². The zero-order chi connectivity index (χ0) is 24.8. The van der Waals surface area contributed by atoms with Gasteiger partial charge in [-0.15, -0.1) is 5.10 Å². The number of piperidine rings is 1. The third-order valence-electron chi connectivity index (χ3n) is 6.16. The summed E-state index contributed by atoms with van der Waals surface area (Å²) < 4.78 is 21.5. The van der Waals surface area contributed by atoms with Crippen LogP contribution in [0.3, 0.4) is 0 Å². The zero-order valence-corrected chi connectivity index (χ0v) is 20.1. The van der Waals surface area contributed by atoms with E-state index in [4.69, 9.17) is 15.1 Å². The summed E-state index contributed by atoms with van der Waals surface area (Å²) in [5, 5.41) is 16.9. The number of amides is 1. The molecule has 7 nitrogen and oxygen atoms in total. The second-order valence-electron chi connectivity index (χ2n) is 8.86. The summed E-state index contributed by atoms with van der Waals surface area (Å²) in [6, 6.07) is 16.3. The van der Waals surface area contributed by atoms with Crippen LogP contribution < -0.4 is 10.2 Å². The fraction of sp³-hybridized carbons (Fsp3) is 0.370. The fourth-order valence-electron chi connectivity index (χ4n) is 4.20. The van der Waals surface area contributed by atoms with E-state index in [-0.39, 0.29) is 17.7 Å². The highest BCUT2D eigenvalue weighted by molar-refractivity contribution is 5.69. The Morgan fingerprint density at radius 2 is 2.06 bits per heavy atom. The van der Waals surface area contributed by atoms with Gasteiger partial charge in [0.15, 0.2) is 5.82 Å². The number of aryl methyl sites for hydroxylation is 1. The van der Waals surface area contributed by atoms with Crippen LogP contribution in [0.4, 0.5) is 15.0 Å². The number of benzene rings is 2. The molecule has 1 aromatic heterocycles. The minimum atomic E-state index is -0.563. The number of anilines is 1. The van der Waals surface area contributed by atoms with Crippen molar-refractivity contribution in [2.75, 3.05) is 24.6 Å². The standard InChI is InChI=1S/C27H30FN5O2/c1-3-4-14-35-27(34)30-22-6-5-13-32(18-22)26-16-25(20-9-10-21(17-29)24(28)15-20)33(31-26)23-11-7-19(2)8-12-23/h7-12,15-16,22H,3-6,13-14,18H2,1-2H3,(H,30,34). The Morgan fingerprint density at radius 3 is 2.77 bits per heavy atom. The molecule has 1 aliphatic rings. The van der Waals surface area contributed by atoms with E-state index in [1.807, 2.05) is 43.3 Å². The number of hydrogen-bond acceptors (Lipinski definition) is 5. The highest BCUT2D eigenvalue weighted by atomic mass is 19.1. The van der Waals surface area contributed by atoms with Gasteiger partial charge < -0.3 is 15.0 Å². The van der Waals surface area contributed by atoms with Crippen molar-refractivity contribution in [2.45, 2.75) is 45.6 Å². The lowest BCUT2D eigenvalue weighted by molar-refractivity contribution is 0.139. The van der Waals surface area contributed by atoms with Crippen LogP contribution in [0.1, 0.15) is 43.7 Å². The molecule has 3 aromatic rings. The van der Waals surface area contributed by atoms with Crippen molar-refractivity contribution < 1.29 is 13.9 Å². The number of ether oxygens (including phenoxy) is 1. The molecule has 2 aromatic carbocycles. The molecule has 0 radical (unpaired) electrons. The quantitative estimate of drug-likeness (QED) is 0.466. The van der Waals surface area contributed by atoms with Gasteiger partial charge in [-0.25, -0.2) is 13.9 Å². The monoisotopic (exact) mass is 475 g/mol. The molecule has 1 aliphatic heterocycles. The third kappa shape index (κ3) is 5.80. The number of carbonyl (C=O) groups excluding carboxylic acids is 1. The number of hydrogen-bond donors (Lipinski definition) is 1. The van der Waals surface area contributed by atoms with Crippen LogP contribution in [-0.4, -0.2) is 41.6 Å². The van der Waals surface area contributed by atoms with Gasteiger partial charge in [-0.2, -0.15) is 5.26 Å². The van der Waals surface area contributed by atoms with Crippen LogP contribution in [0, 0.1) is 24.1 Å². The minimum absolute atomic E-state index is 0.00569. The molecule has 35 heavy (non-hydrogen) atoms. The summed E-state index contributed by atoms with van der Waals surface area (Å²) in [7, 11) is 0. The maximum atomic E-state index is 14.5. The molecule has 4 rings (SSSR count). The molecule has 1 atom stereocenters. The molecule has 0 saturated carbocycles. The van der Waals surface area contributed by atoms with E-state index in [2.05, 4.69) is 17.1 Å². The Bertz CT molecular complexity index is 1220. The van der Waals surface area contributed by atoms with E-state index < -0.39 is 5.82 Å². The third-order valence-corrected chi connectivity index (χ3v) is 6.16. The summed E-state index contributed by atoms with van der Waals surface area (Å²) in [6.45, 7) is 5.90. The predicted molar refractivity (Wildman–Crippen MR) is 133 cm³/mol. The molecular weight excluding hydrogens is 445 g/mol. The molecule has 8 heteroatoms. The number of aromatic nitrogens is 2. The first kappa shape index (κ1) is 24.3. The number of unbranched alkanes of at least 4 members (excludes halogenated alkanes) is 1. The Morgan fingerprint density at radius 1 is 1.26 bits per heavy atom. The Balaban J connectivity index is 1.61. The molecule has 0 spiro atoms. The Labute approximate surface area is 205 Å². The van der Waals surface area contributed by atoms with Gasteiger partial charge in [-0.3, -0.25) is 0 Å². The first-order valence-electron chi connectivity index (χ1n) is 12.0. The van der Waals surface area contributed by atoms with Crippen LogP contribution in [0.15, 0.2) is 48.5 Å². The summed E-state index contributed by atoms with van der Waals surface area (Å²) in [4.78, 5) is 14.3. The number of nitriles is 1. The van der Waals surface area contributed by atoms with Crippen molar-refractivity contribution in [3.05, 3.63) is 65.5 Å². The molecule has 1 amide bonds. The van der Waals surface area contributed by atoms with Crippen molar-refractivity contribution in [2.24, 2.45) is 0 Å². The summed E-state index contributed by atoms with van der Waals surface area (Å²) in [5.74, 6) is 0.184. The van der Waals surface area contributed by atoms with E-state index in [0.717, 1.165) is 55.0 Å². The van der Waals surface area contributed by atoms with Crippen LogP contribution in [0.25, 0.3) is 16.9 Å². The topological polar surface area (TPSA) is 83.2 Å². The average Bonchev–Trinajstić information content (AvgIpc) is 3.30. The number of alkyl carbamates (subject to hydrolysis) is 1. The maximum absolute atomic E-state index is 14.5. The first-order chi connectivity index (χ1) is 17.0. The molecule has 182 valence electrons. The molecule has 1 N–H and O–H groups in total. The van der Waals surface area contributed by atoms with Crippen LogP contribution in [0.2, 0.25) is 0 Å². The average molecular weight is 476 g/mol. The van der Waals surface area contributed by atoms with Gasteiger partial charge in [-0.05, 0) is 50.5 Å². The zero-order valence-electron chi connectivity index (χ0n) is 20.1. The first-order valence-corrected chi connectivity index (χ1v) is 12.0. The van der Waals surface area contributed by atoms with Crippen molar-refractivity contribution in [3.63, 3.8) is 0 Å². The van der Waals surface area contributed by atoms with E-state index in [1.54, 1.807) is 10.7 Å². The number of halogens is 1. The number of rotatable bonds is 7. The minimum Gasteiger partial charge on any atom is -0.450 e. The second-order valence-corrected chi connectivity index (χ2v) is 8.86. The largest absolute Gasteiger partial charge is 0.450 e. The number of nitrogens with zero attached hydrogens (tertiary/aromatic N) is 4. The number of carbonyl (C=O) groups is 1. The second kappa shape index (κ2) is 11.0. The van der Waals surface area contributed by atoms with Gasteiger partial charge in [0.2, 0.25) is 0 Å². The normalized spacial score (nSPS) is 15.5. The Hall–Kier alpha value is -3.86. The summed E-state index contributed by atoms with van der Waals surface area (Å²) in [5.41, 5.74) is 3.34. The van der Waals surface area contributed by atoms with Crippen LogP contribution in [-0.2, 0) is 4.74 Å². The fourth-order valence-corrected chi connectivity index (χ4v) is 4.20. The van der Waals surface area contributed by atoms with E-state index in [9.17, 15) is 9.18 Å². The summed E-state index contributed by atoms with van der Waals surface area (Å²) >= 11 is 0. The van der Waals surface area contributed by atoms with Gasteiger partial charge in [0.25, 0.3) is 0 Å². The molecule has 1 saturated heterocycles. The predicted octanol–water partition coefficient (Wildman–Crippen LogP) is 5.35. The van der Waals surface area contributed by atoms with Gasteiger partial charge in [-0.1, -0.05) is 37.1 Å². The van der Waals surface area contributed by atoms with Gasteiger partial charge in [0.1, 0.15) is 11.9 Å². The smallest absolute Gasteiger partial charge is 0.407 e. The molecule has 2 heterocycles. The lowest BCUT2D eigenvalue weighted by Crippen LogP contribution is -2.48. The van der Waals surface area contributed by atoms with E-state index in [1.165, 1.54) is 12.1 Å². The van der Waals surface area contributed by atoms with Gasteiger partial charge in [0.05, 0.1) is 23.6 Å². The van der Waals surface area contributed by atoms with Gasteiger partial charge in [0, 0.05) is 30.8 Å². The SMILES string of the molecule is CCCCOC(=O)NC1CCCN(c2cc(-c3ccc(C#N)c(F)c3)n(-c3ccc(C)cc3)n2)C1. The lowest BCUT2D eigenvalue weighted by atomic mass is 10.1. The van der Waals surface area contributed by atoms with Crippen molar-refractivity contribution >= 4 is 11.9 Å². The molecule has 1 unspecified atom stereocenters. The van der Waals surface area contributed by atoms with Crippen molar-refractivity contribution in [1.82, 2.24) is 15.1 Å². The maximum Gasteiger partial charge on any atom is 0.407 e. The van der Waals surface area contributed by atoms with E-state index in [0.29, 0.717) is 18.7 Å². The molecule has 0 bridgehead atoms. The highest BCUT2D eigenvalue weighted by Gasteiger charge is 2.25. The number of nitrogens with one attached hydrogen (secondary N) is 1. The molecular formula is C27H30FN5O2. The van der Waals surface area contributed by atoms with Gasteiger partial charge >= 0.3 is 6.09 Å². The summed E-state index contributed by atoms with van der Waals surface area (Å²) in [6.07, 6.45) is 3.20. The Kier molecular flexibility index (Phi) is 7.66. The van der Waals surface area contributed by atoms with Crippen molar-refractivity contribution in [3.8, 4) is 23.0 Å².